The Hall–Kier alpha value is -1.16. The maximum Gasteiger partial charge on any atom is 0.162 e. The van der Waals surface area contributed by atoms with Gasteiger partial charge in [-0.3, -0.25) is 0 Å². The van der Waals surface area contributed by atoms with Gasteiger partial charge < -0.3 is 10.5 Å². The predicted molar refractivity (Wildman–Crippen MR) is 62.1 cm³/mol. The summed E-state index contributed by atoms with van der Waals surface area (Å²) in [5.41, 5.74) is 6.26. The van der Waals surface area contributed by atoms with Crippen LogP contribution in [0.4, 0.5) is 8.78 Å². The van der Waals surface area contributed by atoms with Gasteiger partial charge in [0.2, 0.25) is 0 Å². The van der Waals surface area contributed by atoms with E-state index in [9.17, 15) is 8.78 Å². The van der Waals surface area contributed by atoms with Crippen LogP contribution in [-0.2, 0) is 5.41 Å². The number of rotatable bonds is 4. The van der Waals surface area contributed by atoms with Gasteiger partial charge in [-0.05, 0) is 31.9 Å². The maximum absolute atomic E-state index is 13.4. The first-order valence-electron chi connectivity index (χ1n) is 5.86. The number of hydrogen-bond acceptors (Lipinski definition) is 2. The van der Waals surface area contributed by atoms with Crippen LogP contribution in [-0.4, -0.2) is 13.7 Å². The van der Waals surface area contributed by atoms with Crippen molar-refractivity contribution in [3.8, 4) is 5.75 Å². The topological polar surface area (TPSA) is 35.2 Å². The summed E-state index contributed by atoms with van der Waals surface area (Å²) in [4.78, 5) is 0. The number of hydrogen-bond donors (Lipinski definition) is 1. The lowest BCUT2D eigenvalue weighted by atomic mass is 9.62. The molecule has 0 aromatic heterocycles. The molecule has 0 bridgehead atoms. The molecular weight excluding hydrogens is 224 g/mol. The lowest BCUT2D eigenvalue weighted by molar-refractivity contribution is 0.220. The van der Waals surface area contributed by atoms with E-state index < -0.39 is 11.6 Å². The van der Waals surface area contributed by atoms with Gasteiger partial charge in [-0.2, -0.15) is 0 Å². The molecule has 0 heterocycles. The molecule has 0 unspecified atom stereocenters. The molecule has 17 heavy (non-hydrogen) atoms. The van der Waals surface area contributed by atoms with Crippen molar-refractivity contribution in [3.63, 3.8) is 0 Å². The van der Waals surface area contributed by atoms with Gasteiger partial charge in [0.1, 0.15) is 5.75 Å². The third kappa shape index (κ3) is 2.02. The first kappa shape index (κ1) is 12.3. The minimum Gasteiger partial charge on any atom is -0.496 e. The van der Waals surface area contributed by atoms with Crippen LogP contribution in [0.25, 0.3) is 0 Å². The molecule has 1 aliphatic carbocycles. The summed E-state index contributed by atoms with van der Waals surface area (Å²) in [5, 5.41) is 0. The highest BCUT2D eigenvalue weighted by Gasteiger charge is 2.40. The van der Waals surface area contributed by atoms with Crippen LogP contribution in [0.3, 0.4) is 0 Å². The molecule has 1 aromatic carbocycles. The summed E-state index contributed by atoms with van der Waals surface area (Å²) in [5.74, 6) is -1.26. The van der Waals surface area contributed by atoms with E-state index in [1.165, 1.54) is 13.2 Å². The highest BCUT2D eigenvalue weighted by atomic mass is 19.2. The van der Waals surface area contributed by atoms with Crippen molar-refractivity contribution < 1.29 is 13.5 Å². The fraction of sp³-hybridized carbons (Fsp3) is 0.538. The normalized spacial score (nSPS) is 17.6. The Kier molecular flexibility index (Phi) is 3.33. The Balaban J connectivity index is 2.45. The molecule has 0 saturated heterocycles. The molecule has 2 N–H and O–H groups in total. The second kappa shape index (κ2) is 4.61. The molecule has 0 aliphatic heterocycles. The summed E-state index contributed by atoms with van der Waals surface area (Å²) >= 11 is 0. The van der Waals surface area contributed by atoms with E-state index in [4.69, 9.17) is 10.5 Å². The Morgan fingerprint density at radius 1 is 1.29 bits per heavy atom. The smallest absolute Gasteiger partial charge is 0.162 e. The van der Waals surface area contributed by atoms with Crippen molar-refractivity contribution in [2.45, 2.75) is 31.1 Å². The van der Waals surface area contributed by atoms with E-state index in [-0.39, 0.29) is 5.41 Å². The van der Waals surface area contributed by atoms with Crippen molar-refractivity contribution >= 4 is 0 Å². The summed E-state index contributed by atoms with van der Waals surface area (Å²) in [6, 6.07) is 2.39. The van der Waals surface area contributed by atoms with Crippen LogP contribution in [0.5, 0.6) is 5.75 Å². The van der Waals surface area contributed by atoms with Crippen molar-refractivity contribution in [3.05, 3.63) is 29.3 Å². The lowest BCUT2D eigenvalue weighted by Crippen LogP contribution is -2.37. The number of ether oxygens (including phenoxy) is 1. The zero-order chi connectivity index (χ0) is 12.5. The third-order valence-electron chi connectivity index (χ3n) is 3.75. The fourth-order valence-corrected chi connectivity index (χ4v) is 2.65. The second-order valence-corrected chi connectivity index (χ2v) is 4.64. The molecule has 2 nitrogen and oxygen atoms in total. The minimum atomic E-state index is -0.868. The average molecular weight is 241 g/mol. The monoisotopic (exact) mass is 241 g/mol. The van der Waals surface area contributed by atoms with Crippen LogP contribution in [0.1, 0.15) is 31.2 Å². The van der Waals surface area contributed by atoms with E-state index in [2.05, 4.69) is 0 Å². The number of halogens is 2. The Morgan fingerprint density at radius 2 is 1.94 bits per heavy atom. The van der Waals surface area contributed by atoms with Gasteiger partial charge in [0, 0.05) is 17.0 Å². The van der Waals surface area contributed by atoms with Crippen molar-refractivity contribution in [1.82, 2.24) is 0 Å². The molecule has 0 atom stereocenters. The van der Waals surface area contributed by atoms with Gasteiger partial charge in [-0.15, -0.1) is 0 Å². The first-order valence-corrected chi connectivity index (χ1v) is 5.86. The average Bonchev–Trinajstić information content (AvgIpc) is 2.27. The van der Waals surface area contributed by atoms with Gasteiger partial charge in [0.05, 0.1) is 7.11 Å². The maximum atomic E-state index is 13.4. The molecule has 1 saturated carbocycles. The van der Waals surface area contributed by atoms with Crippen LogP contribution in [0.2, 0.25) is 0 Å². The van der Waals surface area contributed by atoms with Crippen LogP contribution in [0, 0.1) is 11.6 Å². The Morgan fingerprint density at radius 3 is 2.41 bits per heavy atom. The Bertz CT molecular complexity index is 416. The van der Waals surface area contributed by atoms with Gasteiger partial charge >= 0.3 is 0 Å². The van der Waals surface area contributed by atoms with E-state index in [0.717, 1.165) is 37.3 Å². The second-order valence-electron chi connectivity index (χ2n) is 4.64. The van der Waals surface area contributed by atoms with E-state index in [1.807, 2.05) is 0 Å². The van der Waals surface area contributed by atoms with Crippen molar-refractivity contribution in [1.29, 1.82) is 0 Å². The summed E-state index contributed by atoms with van der Waals surface area (Å²) in [6.45, 7) is 0.544. The van der Waals surface area contributed by atoms with Gasteiger partial charge in [0.15, 0.2) is 11.6 Å². The molecule has 4 heteroatoms. The number of nitrogens with two attached hydrogens (primary N) is 1. The molecule has 2 rings (SSSR count). The first-order chi connectivity index (χ1) is 8.13. The molecule has 1 aliphatic rings. The molecular formula is C13H17F2NO. The molecule has 0 spiro atoms. The number of methoxy groups -OCH3 is 1. The van der Waals surface area contributed by atoms with E-state index >= 15 is 0 Å². The predicted octanol–water partition coefficient (Wildman–Crippen LogP) is 2.74. The summed E-state index contributed by atoms with van der Waals surface area (Å²) in [7, 11) is 1.48. The summed E-state index contributed by atoms with van der Waals surface area (Å²) in [6.07, 6.45) is 3.81. The van der Waals surface area contributed by atoms with Gasteiger partial charge in [-0.25, -0.2) is 8.78 Å². The van der Waals surface area contributed by atoms with E-state index in [1.54, 1.807) is 0 Å². The fourth-order valence-electron chi connectivity index (χ4n) is 2.65. The Labute approximate surface area is 99.8 Å². The molecule has 1 aromatic rings. The highest BCUT2D eigenvalue weighted by Crippen LogP contribution is 2.49. The quantitative estimate of drug-likeness (QED) is 0.879. The van der Waals surface area contributed by atoms with Crippen LogP contribution < -0.4 is 10.5 Å². The molecule has 0 radical (unpaired) electrons. The SMILES string of the molecule is COc1cc(F)c(F)cc1C1(CCN)CCC1. The van der Waals surface area contributed by atoms with E-state index in [0.29, 0.717) is 12.3 Å². The molecule has 1 fully saturated rings. The van der Waals surface area contributed by atoms with Gasteiger partial charge in [0.25, 0.3) is 0 Å². The molecule has 0 amide bonds. The zero-order valence-corrected chi connectivity index (χ0v) is 9.93. The third-order valence-corrected chi connectivity index (χ3v) is 3.75. The largest absolute Gasteiger partial charge is 0.496 e. The van der Waals surface area contributed by atoms with Crippen molar-refractivity contribution in [2.24, 2.45) is 5.73 Å². The van der Waals surface area contributed by atoms with Gasteiger partial charge in [-0.1, -0.05) is 6.42 Å². The standard InChI is InChI=1S/C13H17F2NO/c1-17-12-8-11(15)10(14)7-9(12)13(5-6-16)3-2-4-13/h7-8H,2-6,16H2,1H3. The van der Waals surface area contributed by atoms with Crippen LogP contribution >= 0.6 is 0 Å². The minimum absolute atomic E-state index is 0.116. The summed E-state index contributed by atoms with van der Waals surface area (Å²) < 4.78 is 31.7. The highest BCUT2D eigenvalue weighted by molar-refractivity contribution is 5.42. The van der Waals surface area contributed by atoms with Crippen molar-refractivity contribution in [2.75, 3.05) is 13.7 Å². The number of benzene rings is 1. The molecule has 94 valence electrons. The van der Waals surface area contributed by atoms with Crippen LogP contribution in [0.15, 0.2) is 12.1 Å². The zero-order valence-electron chi connectivity index (χ0n) is 9.93. The lowest BCUT2D eigenvalue weighted by Gasteiger charge is -2.43.